The number of H-pyrrole nitrogens is 1. The van der Waals surface area contributed by atoms with E-state index in [4.69, 9.17) is 5.73 Å². The third-order valence-corrected chi connectivity index (χ3v) is 4.48. The lowest BCUT2D eigenvalue weighted by Crippen LogP contribution is -2.05. The predicted octanol–water partition coefficient (Wildman–Crippen LogP) is 4.60. The van der Waals surface area contributed by atoms with E-state index in [0.29, 0.717) is 5.69 Å². The maximum absolute atomic E-state index is 12.7. The molecule has 0 aliphatic heterocycles. The smallest absolute Gasteiger partial charge is 0.209 e. The second kappa shape index (κ2) is 6.36. The average Bonchev–Trinajstić information content (AvgIpc) is 3.04. The monoisotopic (exact) mass is 318 g/mol. The van der Waals surface area contributed by atoms with Crippen LogP contribution >= 0.6 is 0 Å². The van der Waals surface area contributed by atoms with Gasteiger partial charge in [-0.3, -0.25) is 4.79 Å². The molecule has 24 heavy (non-hydrogen) atoms. The maximum Gasteiger partial charge on any atom is 0.209 e. The Kier molecular flexibility index (Phi) is 4.26. The molecule has 3 nitrogen and oxygen atoms in total. The lowest BCUT2D eigenvalue weighted by atomic mass is 9.98. The zero-order valence-corrected chi connectivity index (χ0v) is 14.3. The molecule has 0 saturated heterocycles. The number of aromatic amines is 1. The quantitative estimate of drug-likeness (QED) is 0.546. The van der Waals surface area contributed by atoms with E-state index < -0.39 is 0 Å². The molecule has 0 aliphatic rings. The molecule has 3 N–H and O–H groups in total. The molecule has 0 saturated carbocycles. The van der Waals surface area contributed by atoms with Crippen LogP contribution in [0.3, 0.4) is 0 Å². The van der Waals surface area contributed by atoms with E-state index in [9.17, 15) is 4.79 Å². The minimum absolute atomic E-state index is 0.0308. The van der Waals surface area contributed by atoms with Crippen molar-refractivity contribution in [1.29, 1.82) is 0 Å². The molecule has 0 bridgehead atoms. The summed E-state index contributed by atoms with van der Waals surface area (Å²) in [7, 11) is 0. The van der Waals surface area contributed by atoms with Crippen LogP contribution in [0.1, 0.15) is 51.3 Å². The molecule has 2 aromatic carbocycles. The van der Waals surface area contributed by atoms with E-state index >= 15 is 0 Å². The summed E-state index contributed by atoms with van der Waals surface area (Å²) in [5, 5.41) is 0. The summed E-state index contributed by atoms with van der Waals surface area (Å²) in [5.41, 5.74) is 12.2. The van der Waals surface area contributed by atoms with E-state index in [1.807, 2.05) is 68.4 Å². The first-order valence-electron chi connectivity index (χ1n) is 8.12. The molecule has 1 heterocycles. The molecule has 122 valence electrons. The number of carbonyl (C=O) groups is 1. The van der Waals surface area contributed by atoms with Gasteiger partial charge in [-0.15, -0.1) is 0 Å². The van der Waals surface area contributed by atoms with Crippen LogP contribution in [-0.4, -0.2) is 10.8 Å². The van der Waals surface area contributed by atoms with Gasteiger partial charge in [0.25, 0.3) is 0 Å². The van der Waals surface area contributed by atoms with Crippen molar-refractivity contribution in [2.75, 3.05) is 5.73 Å². The zero-order valence-electron chi connectivity index (χ0n) is 14.3. The zero-order chi connectivity index (χ0) is 17.3. The second-order valence-electron chi connectivity index (χ2n) is 6.36. The van der Waals surface area contributed by atoms with E-state index in [1.165, 1.54) is 0 Å². The van der Waals surface area contributed by atoms with Gasteiger partial charge in [-0.1, -0.05) is 42.8 Å². The minimum Gasteiger partial charge on any atom is -0.399 e. The molecule has 0 radical (unpaired) electrons. The van der Waals surface area contributed by atoms with Crippen molar-refractivity contribution in [3.63, 3.8) is 0 Å². The summed E-state index contributed by atoms with van der Waals surface area (Å²) in [6, 6.07) is 17.6. The Morgan fingerprint density at radius 2 is 1.71 bits per heavy atom. The fourth-order valence-corrected chi connectivity index (χ4v) is 2.97. The summed E-state index contributed by atoms with van der Waals surface area (Å²) in [6.07, 6.45) is 0. The van der Waals surface area contributed by atoms with Crippen LogP contribution < -0.4 is 5.73 Å². The standard InChI is InChI=1S/C21H22N2O/c1-13-4-9-18(14(2)12-13)21(24)20-11-10-19(23-20)15(3)16-5-7-17(22)8-6-16/h4-12,15,23H,22H2,1-3H3. The summed E-state index contributed by atoms with van der Waals surface area (Å²) in [4.78, 5) is 16.0. The average molecular weight is 318 g/mol. The number of anilines is 1. The Hall–Kier alpha value is -2.81. The highest BCUT2D eigenvalue weighted by molar-refractivity contribution is 6.08. The lowest BCUT2D eigenvalue weighted by Gasteiger charge is -2.11. The molecule has 0 fully saturated rings. The SMILES string of the molecule is Cc1ccc(C(=O)c2ccc(C(C)c3ccc(N)cc3)[nH]2)c(C)c1. The van der Waals surface area contributed by atoms with Crippen LogP contribution in [0.15, 0.2) is 54.6 Å². The highest BCUT2D eigenvalue weighted by atomic mass is 16.1. The van der Waals surface area contributed by atoms with Gasteiger partial charge < -0.3 is 10.7 Å². The van der Waals surface area contributed by atoms with Crippen LogP contribution in [0.2, 0.25) is 0 Å². The van der Waals surface area contributed by atoms with Gasteiger partial charge in [0, 0.05) is 22.9 Å². The van der Waals surface area contributed by atoms with E-state index in [2.05, 4.69) is 11.9 Å². The Bertz CT molecular complexity index is 875. The number of carbonyl (C=O) groups excluding carboxylic acids is 1. The van der Waals surface area contributed by atoms with Crippen LogP contribution in [0.25, 0.3) is 0 Å². The molecule has 1 aromatic heterocycles. The Morgan fingerprint density at radius 3 is 2.38 bits per heavy atom. The van der Waals surface area contributed by atoms with Crippen molar-refractivity contribution in [3.8, 4) is 0 Å². The van der Waals surface area contributed by atoms with Gasteiger partial charge in [-0.2, -0.15) is 0 Å². The van der Waals surface area contributed by atoms with Gasteiger partial charge in [-0.25, -0.2) is 0 Å². The Labute approximate surface area is 142 Å². The topological polar surface area (TPSA) is 58.9 Å². The number of rotatable bonds is 4. The summed E-state index contributed by atoms with van der Waals surface area (Å²) < 4.78 is 0. The lowest BCUT2D eigenvalue weighted by molar-refractivity contribution is 0.103. The molecule has 3 rings (SSSR count). The normalized spacial score (nSPS) is 12.1. The summed E-state index contributed by atoms with van der Waals surface area (Å²) in [6.45, 7) is 6.12. The molecular formula is C21H22N2O. The molecule has 3 heteroatoms. The van der Waals surface area contributed by atoms with Crippen LogP contribution in [0, 0.1) is 13.8 Å². The van der Waals surface area contributed by atoms with Crippen molar-refractivity contribution in [1.82, 2.24) is 4.98 Å². The van der Waals surface area contributed by atoms with Gasteiger partial charge in [0.1, 0.15) is 0 Å². The number of nitrogens with two attached hydrogens (primary N) is 1. The third-order valence-electron chi connectivity index (χ3n) is 4.48. The van der Waals surface area contributed by atoms with Crippen LogP contribution in [0.5, 0.6) is 0 Å². The molecule has 0 amide bonds. The van der Waals surface area contributed by atoms with Crippen molar-refractivity contribution in [2.45, 2.75) is 26.7 Å². The third kappa shape index (κ3) is 3.11. The first-order chi connectivity index (χ1) is 11.5. The summed E-state index contributed by atoms with van der Waals surface area (Å²) in [5.74, 6) is 0.203. The molecule has 1 atom stereocenters. The Morgan fingerprint density at radius 1 is 1.00 bits per heavy atom. The molecular weight excluding hydrogens is 296 g/mol. The van der Waals surface area contributed by atoms with Crippen LogP contribution in [-0.2, 0) is 0 Å². The molecule has 3 aromatic rings. The maximum atomic E-state index is 12.7. The van der Waals surface area contributed by atoms with E-state index in [-0.39, 0.29) is 11.7 Å². The molecule has 0 spiro atoms. The van der Waals surface area contributed by atoms with Crippen LogP contribution in [0.4, 0.5) is 5.69 Å². The first-order valence-corrected chi connectivity index (χ1v) is 8.12. The number of aryl methyl sites for hydroxylation is 2. The van der Waals surface area contributed by atoms with Gasteiger partial charge in [0.2, 0.25) is 5.78 Å². The van der Waals surface area contributed by atoms with Gasteiger partial charge >= 0.3 is 0 Å². The second-order valence-corrected chi connectivity index (χ2v) is 6.36. The van der Waals surface area contributed by atoms with Crippen molar-refractivity contribution >= 4 is 11.5 Å². The molecule has 0 aliphatic carbocycles. The van der Waals surface area contributed by atoms with Gasteiger partial charge in [-0.05, 0) is 49.2 Å². The van der Waals surface area contributed by atoms with Gasteiger partial charge in [0.15, 0.2) is 0 Å². The largest absolute Gasteiger partial charge is 0.399 e. The number of hydrogen-bond donors (Lipinski definition) is 2. The first kappa shape index (κ1) is 16.1. The Balaban J connectivity index is 1.87. The predicted molar refractivity (Wildman–Crippen MR) is 98.5 cm³/mol. The summed E-state index contributed by atoms with van der Waals surface area (Å²) >= 11 is 0. The van der Waals surface area contributed by atoms with Crippen molar-refractivity contribution in [3.05, 3.63) is 88.2 Å². The number of nitrogen functional groups attached to an aromatic ring is 1. The molecule has 1 unspecified atom stereocenters. The van der Waals surface area contributed by atoms with Gasteiger partial charge in [0.05, 0.1) is 5.69 Å². The number of nitrogens with one attached hydrogen (secondary N) is 1. The number of hydrogen-bond acceptors (Lipinski definition) is 2. The fraction of sp³-hybridized carbons (Fsp3) is 0.190. The number of ketones is 1. The fourth-order valence-electron chi connectivity index (χ4n) is 2.97. The van der Waals surface area contributed by atoms with E-state index in [0.717, 1.165) is 33.6 Å². The highest BCUT2D eigenvalue weighted by Crippen LogP contribution is 2.25. The number of benzene rings is 2. The number of aromatic nitrogens is 1. The van der Waals surface area contributed by atoms with Crippen molar-refractivity contribution in [2.24, 2.45) is 0 Å². The van der Waals surface area contributed by atoms with E-state index in [1.54, 1.807) is 0 Å². The van der Waals surface area contributed by atoms with Crippen molar-refractivity contribution < 1.29 is 4.79 Å². The highest BCUT2D eigenvalue weighted by Gasteiger charge is 2.16. The minimum atomic E-state index is 0.0308.